The number of aromatic nitrogens is 2. The number of amides is 1. The van der Waals surface area contributed by atoms with Crippen LogP contribution in [0.3, 0.4) is 0 Å². The van der Waals surface area contributed by atoms with E-state index in [1.54, 1.807) is 43.3 Å². The van der Waals surface area contributed by atoms with E-state index in [9.17, 15) is 9.59 Å². The smallest absolute Gasteiger partial charge is 0.337 e. The Labute approximate surface area is 139 Å². The van der Waals surface area contributed by atoms with Crippen LogP contribution in [-0.4, -0.2) is 35.5 Å². The Morgan fingerprint density at radius 2 is 2.08 bits per heavy atom. The highest BCUT2D eigenvalue weighted by Gasteiger charge is 2.11. The fraction of sp³-hybridized carbons (Fsp3) is 0.176. The second-order valence-corrected chi connectivity index (χ2v) is 4.91. The Morgan fingerprint density at radius 3 is 2.79 bits per heavy atom. The van der Waals surface area contributed by atoms with Gasteiger partial charge in [0.2, 0.25) is 5.95 Å². The van der Waals surface area contributed by atoms with Crippen molar-refractivity contribution in [3.05, 3.63) is 59.9 Å². The van der Waals surface area contributed by atoms with E-state index in [1.807, 2.05) is 0 Å². The molecule has 2 aromatic rings. The van der Waals surface area contributed by atoms with E-state index in [0.29, 0.717) is 23.5 Å². The van der Waals surface area contributed by atoms with E-state index in [1.165, 1.54) is 7.11 Å². The molecule has 1 aromatic heterocycles. The summed E-state index contributed by atoms with van der Waals surface area (Å²) in [5, 5.41) is 5.65. The van der Waals surface area contributed by atoms with E-state index in [4.69, 9.17) is 0 Å². The van der Waals surface area contributed by atoms with E-state index < -0.39 is 5.97 Å². The van der Waals surface area contributed by atoms with Crippen molar-refractivity contribution in [2.24, 2.45) is 0 Å². The van der Waals surface area contributed by atoms with E-state index >= 15 is 0 Å². The molecule has 1 heterocycles. The third-order valence-corrected chi connectivity index (χ3v) is 3.03. The predicted molar refractivity (Wildman–Crippen MR) is 90.4 cm³/mol. The van der Waals surface area contributed by atoms with Gasteiger partial charge in [-0.2, -0.15) is 0 Å². The van der Waals surface area contributed by atoms with Gasteiger partial charge in [-0.25, -0.2) is 14.8 Å². The van der Waals surface area contributed by atoms with Gasteiger partial charge in [0.25, 0.3) is 5.91 Å². The summed E-state index contributed by atoms with van der Waals surface area (Å²) in [5.41, 5.74) is 1.90. The first-order valence-corrected chi connectivity index (χ1v) is 7.23. The van der Waals surface area contributed by atoms with Crippen molar-refractivity contribution in [2.75, 3.05) is 19.0 Å². The number of benzene rings is 1. The van der Waals surface area contributed by atoms with Gasteiger partial charge in [-0.15, -0.1) is 6.58 Å². The molecule has 0 bridgehead atoms. The summed E-state index contributed by atoms with van der Waals surface area (Å²) in [5.74, 6) is -0.485. The fourth-order valence-corrected chi connectivity index (χ4v) is 1.97. The summed E-state index contributed by atoms with van der Waals surface area (Å²) in [6.45, 7) is 5.67. The van der Waals surface area contributed by atoms with E-state index in [0.717, 1.165) is 0 Å². The van der Waals surface area contributed by atoms with E-state index in [2.05, 4.69) is 31.9 Å². The van der Waals surface area contributed by atoms with Gasteiger partial charge in [-0.05, 0) is 31.2 Å². The first kappa shape index (κ1) is 17.1. The van der Waals surface area contributed by atoms with Gasteiger partial charge in [0.15, 0.2) is 0 Å². The second-order valence-electron chi connectivity index (χ2n) is 4.91. The molecule has 1 amide bonds. The molecule has 0 saturated heterocycles. The molecular weight excluding hydrogens is 308 g/mol. The Kier molecular flexibility index (Phi) is 5.62. The summed E-state index contributed by atoms with van der Waals surface area (Å²) in [4.78, 5) is 32.0. The molecule has 7 heteroatoms. The number of carbonyl (C=O) groups is 2. The molecule has 0 unspecified atom stereocenters. The van der Waals surface area contributed by atoms with Crippen LogP contribution in [0.4, 0.5) is 11.6 Å². The van der Waals surface area contributed by atoms with Gasteiger partial charge in [-0.1, -0.05) is 12.1 Å². The van der Waals surface area contributed by atoms with Crippen molar-refractivity contribution < 1.29 is 14.3 Å². The number of hydrogen-bond acceptors (Lipinski definition) is 6. The molecule has 2 rings (SSSR count). The molecule has 7 nitrogen and oxygen atoms in total. The fourth-order valence-electron chi connectivity index (χ4n) is 1.97. The minimum Gasteiger partial charge on any atom is -0.465 e. The predicted octanol–water partition coefficient (Wildman–Crippen LogP) is 2.23. The number of nitrogens with one attached hydrogen (secondary N) is 2. The van der Waals surface area contributed by atoms with Gasteiger partial charge < -0.3 is 15.4 Å². The average molecular weight is 326 g/mol. The molecule has 0 radical (unpaired) electrons. The number of hydrogen-bond donors (Lipinski definition) is 2. The highest BCUT2D eigenvalue weighted by Crippen LogP contribution is 2.16. The third-order valence-electron chi connectivity index (χ3n) is 3.03. The molecule has 0 aliphatic carbocycles. The normalized spacial score (nSPS) is 9.92. The van der Waals surface area contributed by atoms with Crippen LogP contribution in [0, 0.1) is 6.92 Å². The lowest BCUT2D eigenvalue weighted by atomic mass is 10.2. The van der Waals surface area contributed by atoms with Crippen LogP contribution in [0.2, 0.25) is 0 Å². The molecule has 0 spiro atoms. The molecule has 0 atom stereocenters. The summed E-state index contributed by atoms with van der Waals surface area (Å²) in [6.07, 6.45) is 1.59. The molecule has 24 heavy (non-hydrogen) atoms. The monoisotopic (exact) mass is 326 g/mol. The third kappa shape index (κ3) is 4.39. The number of esters is 1. The minimum absolute atomic E-state index is 0.246. The molecular formula is C17H18N4O3. The molecule has 1 aromatic carbocycles. The number of methoxy groups -OCH3 is 1. The molecule has 124 valence electrons. The Hall–Kier alpha value is -3.22. The van der Waals surface area contributed by atoms with Gasteiger partial charge in [0.1, 0.15) is 5.69 Å². The van der Waals surface area contributed by atoms with Gasteiger partial charge in [0, 0.05) is 17.9 Å². The van der Waals surface area contributed by atoms with Crippen molar-refractivity contribution in [1.29, 1.82) is 0 Å². The summed E-state index contributed by atoms with van der Waals surface area (Å²) in [7, 11) is 1.32. The zero-order valence-corrected chi connectivity index (χ0v) is 13.5. The Morgan fingerprint density at radius 1 is 1.29 bits per heavy atom. The molecule has 2 N–H and O–H groups in total. The van der Waals surface area contributed by atoms with Crippen molar-refractivity contribution in [3.63, 3.8) is 0 Å². The summed E-state index contributed by atoms with van der Waals surface area (Å²) >= 11 is 0. The largest absolute Gasteiger partial charge is 0.465 e. The maximum absolute atomic E-state index is 12.0. The van der Waals surface area contributed by atoms with Crippen LogP contribution >= 0.6 is 0 Å². The lowest BCUT2D eigenvalue weighted by Crippen LogP contribution is -2.24. The topological polar surface area (TPSA) is 93.2 Å². The van der Waals surface area contributed by atoms with Gasteiger partial charge >= 0.3 is 5.97 Å². The first-order valence-electron chi connectivity index (χ1n) is 7.23. The number of anilines is 2. The molecule has 0 aliphatic heterocycles. The summed E-state index contributed by atoms with van der Waals surface area (Å²) < 4.78 is 4.69. The zero-order valence-electron chi connectivity index (χ0n) is 13.5. The number of carbonyl (C=O) groups excluding carboxylic acids is 2. The van der Waals surface area contributed by atoms with Crippen LogP contribution in [0.25, 0.3) is 0 Å². The maximum atomic E-state index is 12.0. The lowest BCUT2D eigenvalue weighted by molar-refractivity contribution is 0.0600. The first-order chi connectivity index (χ1) is 11.5. The number of nitrogens with zero attached hydrogens (tertiary/aromatic N) is 2. The number of ether oxygens (including phenoxy) is 1. The molecule has 0 fully saturated rings. The van der Waals surface area contributed by atoms with Crippen molar-refractivity contribution in [1.82, 2.24) is 15.3 Å². The van der Waals surface area contributed by atoms with Crippen molar-refractivity contribution >= 4 is 23.5 Å². The van der Waals surface area contributed by atoms with Gasteiger partial charge in [-0.3, -0.25) is 4.79 Å². The SMILES string of the molecule is C=CCNC(=O)c1cc(C)nc(Nc2cccc(C(=O)OC)c2)n1. The average Bonchev–Trinajstić information content (AvgIpc) is 2.58. The quantitative estimate of drug-likeness (QED) is 0.624. The second kappa shape index (κ2) is 7.87. The standard InChI is InChI=1S/C17H18N4O3/c1-4-8-18-15(22)14-9-11(2)19-17(21-14)20-13-7-5-6-12(10-13)16(23)24-3/h4-7,9-10H,1,8H2,2-3H3,(H,18,22)(H,19,20,21). The maximum Gasteiger partial charge on any atom is 0.337 e. The Balaban J connectivity index is 2.23. The highest BCUT2D eigenvalue weighted by molar-refractivity contribution is 5.93. The lowest BCUT2D eigenvalue weighted by Gasteiger charge is -2.09. The number of aryl methyl sites for hydroxylation is 1. The number of rotatable bonds is 6. The van der Waals surface area contributed by atoms with E-state index in [-0.39, 0.29) is 17.5 Å². The van der Waals surface area contributed by atoms with Crippen LogP contribution < -0.4 is 10.6 Å². The summed E-state index contributed by atoms with van der Waals surface area (Å²) in [6, 6.07) is 8.32. The molecule has 0 aliphatic rings. The zero-order chi connectivity index (χ0) is 17.5. The van der Waals surface area contributed by atoms with Gasteiger partial charge in [0.05, 0.1) is 12.7 Å². The minimum atomic E-state index is -0.437. The van der Waals surface area contributed by atoms with Crippen molar-refractivity contribution in [2.45, 2.75) is 6.92 Å². The highest BCUT2D eigenvalue weighted by atomic mass is 16.5. The molecule has 0 saturated carbocycles. The van der Waals surface area contributed by atoms with Crippen LogP contribution in [0.15, 0.2) is 43.0 Å². The van der Waals surface area contributed by atoms with Crippen molar-refractivity contribution in [3.8, 4) is 0 Å². The Bertz CT molecular complexity index is 774. The van der Waals surface area contributed by atoms with Crippen LogP contribution in [-0.2, 0) is 4.74 Å². The van der Waals surface area contributed by atoms with Crippen LogP contribution in [0.5, 0.6) is 0 Å². The van der Waals surface area contributed by atoms with Crippen LogP contribution in [0.1, 0.15) is 26.5 Å².